The van der Waals surface area contributed by atoms with E-state index in [-0.39, 0.29) is 5.78 Å². The van der Waals surface area contributed by atoms with Gasteiger partial charge >= 0.3 is 0 Å². The molecule has 0 fully saturated rings. The van der Waals surface area contributed by atoms with E-state index in [2.05, 4.69) is 29.2 Å². The number of rotatable bonds is 5. The molecule has 0 aliphatic heterocycles. The molecule has 0 unspecified atom stereocenters. The first-order valence-electron chi connectivity index (χ1n) is 6.88. The Hall–Kier alpha value is -2.61. The fraction of sp³-hybridized carbons (Fsp3) is 0.105. The quantitative estimate of drug-likeness (QED) is 0.463. The van der Waals surface area contributed by atoms with Crippen LogP contribution in [-0.4, -0.2) is 19.9 Å². The summed E-state index contributed by atoms with van der Waals surface area (Å²) in [4.78, 5) is 13.9. The molecule has 2 aromatic rings. The van der Waals surface area contributed by atoms with Gasteiger partial charge in [-0.15, -0.1) is 0 Å². The average molecular weight is 277 g/mol. The van der Waals surface area contributed by atoms with E-state index in [9.17, 15) is 4.79 Å². The molecule has 0 aliphatic rings. The van der Waals surface area contributed by atoms with Gasteiger partial charge in [-0.2, -0.15) is 0 Å². The van der Waals surface area contributed by atoms with Gasteiger partial charge in [-0.1, -0.05) is 60.7 Å². The Morgan fingerprint density at radius 1 is 0.905 bits per heavy atom. The maximum absolute atomic E-state index is 11.8. The highest BCUT2D eigenvalue weighted by Crippen LogP contribution is 2.13. The van der Waals surface area contributed by atoms with E-state index in [1.807, 2.05) is 56.6 Å². The number of carbonyl (C=O) groups is 1. The minimum absolute atomic E-state index is 0.0169. The zero-order valence-electron chi connectivity index (χ0n) is 12.4. The molecule has 106 valence electrons. The van der Waals surface area contributed by atoms with Gasteiger partial charge in [0.1, 0.15) is 0 Å². The maximum Gasteiger partial charge on any atom is 0.185 e. The Morgan fingerprint density at radius 2 is 1.57 bits per heavy atom. The van der Waals surface area contributed by atoms with Crippen LogP contribution in [0.2, 0.25) is 0 Å². The summed E-state index contributed by atoms with van der Waals surface area (Å²) in [6, 6.07) is 17.5. The van der Waals surface area contributed by atoms with E-state index >= 15 is 0 Å². The van der Waals surface area contributed by atoms with Crippen LogP contribution in [0.3, 0.4) is 0 Å². The third kappa shape index (κ3) is 4.46. The number of nitrogens with zero attached hydrogens (tertiary/aromatic N) is 1. The van der Waals surface area contributed by atoms with Crippen molar-refractivity contribution in [1.29, 1.82) is 0 Å². The van der Waals surface area contributed by atoms with Crippen molar-refractivity contribution in [2.45, 2.75) is 0 Å². The molecule has 0 aromatic heterocycles. The van der Waals surface area contributed by atoms with E-state index in [1.54, 1.807) is 12.2 Å². The minimum Gasteiger partial charge on any atom is -0.378 e. The molecule has 2 heteroatoms. The second-order valence-corrected chi connectivity index (χ2v) is 4.93. The number of hydrogen-bond donors (Lipinski definition) is 0. The van der Waals surface area contributed by atoms with Gasteiger partial charge in [0.25, 0.3) is 0 Å². The molecule has 0 atom stereocenters. The van der Waals surface area contributed by atoms with Crippen LogP contribution in [-0.2, 0) is 0 Å². The topological polar surface area (TPSA) is 20.3 Å². The first-order chi connectivity index (χ1) is 10.2. The smallest absolute Gasteiger partial charge is 0.185 e. The Kier molecular flexibility index (Phi) is 5.10. The Balaban J connectivity index is 1.96. The second kappa shape index (κ2) is 7.25. The molecule has 0 bridgehead atoms. The van der Waals surface area contributed by atoms with Crippen LogP contribution in [0.15, 0.2) is 72.8 Å². The first-order valence-corrected chi connectivity index (χ1v) is 6.88. The highest BCUT2D eigenvalue weighted by molar-refractivity contribution is 6.04. The number of hydrogen-bond acceptors (Lipinski definition) is 2. The van der Waals surface area contributed by atoms with Gasteiger partial charge in [0.2, 0.25) is 0 Å². The van der Waals surface area contributed by atoms with Gasteiger partial charge in [-0.25, -0.2) is 0 Å². The third-order valence-corrected chi connectivity index (χ3v) is 3.12. The molecule has 2 aromatic carbocycles. The van der Waals surface area contributed by atoms with Crippen molar-refractivity contribution >= 4 is 17.5 Å². The lowest BCUT2D eigenvalue weighted by Crippen LogP contribution is -2.07. The molecule has 0 saturated carbocycles. The van der Waals surface area contributed by atoms with E-state index in [0.717, 1.165) is 5.56 Å². The largest absolute Gasteiger partial charge is 0.378 e. The van der Waals surface area contributed by atoms with Crippen LogP contribution >= 0.6 is 0 Å². The predicted octanol–water partition coefficient (Wildman–Crippen LogP) is 4.20. The minimum atomic E-state index is 0.0169. The van der Waals surface area contributed by atoms with Gasteiger partial charge in [0.15, 0.2) is 5.78 Å². The fourth-order valence-electron chi connectivity index (χ4n) is 1.89. The standard InChI is InChI=1S/C19H19NO/c1-20(2)18-14-12-16(13-15-18)8-6-7-11-19(21)17-9-4-3-5-10-17/h3-15H,1-2H3/b8-6-,11-7+. The summed E-state index contributed by atoms with van der Waals surface area (Å²) in [5.74, 6) is 0.0169. The molecule has 0 radical (unpaired) electrons. The summed E-state index contributed by atoms with van der Waals surface area (Å²) in [5.41, 5.74) is 2.98. The predicted molar refractivity (Wildman–Crippen MR) is 89.7 cm³/mol. The van der Waals surface area contributed by atoms with Crippen LogP contribution in [0, 0.1) is 0 Å². The molecule has 0 saturated heterocycles. The summed E-state index contributed by atoms with van der Waals surface area (Å²) in [6.45, 7) is 0. The Morgan fingerprint density at radius 3 is 2.19 bits per heavy atom. The molecular weight excluding hydrogens is 258 g/mol. The Labute approximate surface area is 126 Å². The van der Waals surface area contributed by atoms with Crippen molar-refractivity contribution in [3.63, 3.8) is 0 Å². The van der Waals surface area contributed by atoms with E-state index < -0.39 is 0 Å². The first kappa shape index (κ1) is 14.8. The molecule has 0 aliphatic carbocycles. The van der Waals surface area contributed by atoms with Crippen molar-refractivity contribution in [3.05, 3.63) is 84.0 Å². The zero-order chi connectivity index (χ0) is 15.1. The zero-order valence-corrected chi connectivity index (χ0v) is 12.4. The Bertz CT molecular complexity index is 637. The van der Waals surface area contributed by atoms with Gasteiger partial charge in [0.05, 0.1) is 0 Å². The van der Waals surface area contributed by atoms with E-state index in [4.69, 9.17) is 0 Å². The summed E-state index contributed by atoms with van der Waals surface area (Å²) < 4.78 is 0. The summed E-state index contributed by atoms with van der Waals surface area (Å²) in [5, 5.41) is 0. The van der Waals surface area contributed by atoms with Gasteiger partial charge in [-0.05, 0) is 23.8 Å². The summed E-state index contributed by atoms with van der Waals surface area (Å²) >= 11 is 0. The van der Waals surface area contributed by atoms with Crippen LogP contribution in [0.4, 0.5) is 5.69 Å². The number of anilines is 1. The average Bonchev–Trinajstić information content (AvgIpc) is 2.52. The monoisotopic (exact) mass is 277 g/mol. The molecular formula is C19H19NO. The number of allylic oxidation sites excluding steroid dienone is 3. The van der Waals surface area contributed by atoms with Crippen molar-refractivity contribution in [2.24, 2.45) is 0 Å². The normalized spacial score (nSPS) is 11.1. The molecule has 0 N–H and O–H groups in total. The molecule has 2 rings (SSSR count). The second-order valence-electron chi connectivity index (χ2n) is 4.93. The van der Waals surface area contributed by atoms with Crippen molar-refractivity contribution < 1.29 is 4.79 Å². The lowest BCUT2D eigenvalue weighted by molar-refractivity contribution is 0.104. The van der Waals surface area contributed by atoms with Crippen molar-refractivity contribution in [2.75, 3.05) is 19.0 Å². The van der Waals surface area contributed by atoms with Crippen molar-refractivity contribution in [1.82, 2.24) is 0 Å². The van der Waals surface area contributed by atoms with Crippen LogP contribution in [0.1, 0.15) is 15.9 Å². The lowest BCUT2D eigenvalue weighted by atomic mass is 10.1. The number of carbonyl (C=O) groups excluding carboxylic acids is 1. The highest BCUT2D eigenvalue weighted by atomic mass is 16.1. The van der Waals surface area contributed by atoms with E-state index in [0.29, 0.717) is 5.56 Å². The van der Waals surface area contributed by atoms with Crippen LogP contribution in [0.25, 0.3) is 6.08 Å². The van der Waals surface area contributed by atoms with Crippen molar-refractivity contribution in [3.8, 4) is 0 Å². The number of ketones is 1. The summed E-state index contributed by atoms with van der Waals surface area (Å²) in [7, 11) is 4.03. The highest BCUT2D eigenvalue weighted by Gasteiger charge is 1.97. The van der Waals surface area contributed by atoms with Crippen LogP contribution < -0.4 is 4.90 Å². The third-order valence-electron chi connectivity index (χ3n) is 3.12. The fourth-order valence-corrected chi connectivity index (χ4v) is 1.89. The van der Waals surface area contributed by atoms with Crippen LogP contribution in [0.5, 0.6) is 0 Å². The molecule has 0 spiro atoms. The van der Waals surface area contributed by atoms with Gasteiger partial charge in [0, 0.05) is 25.3 Å². The SMILES string of the molecule is CN(C)c1ccc(/C=C\C=C\C(=O)c2ccccc2)cc1. The molecule has 21 heavy (non-hydrogen) atoms. The maximum atomic E-state index is 11.8. The van der Waals surface area contributed by atoms with Gasteiger partial charge in [-0.3, -0.25) is 4.79 Å². The van der Waals surface area contributed by atoms with Gasteiger partial charge < -0.3 is 4.90 Å². The molecule has 0 heterocycles. The van der Waals surface area contributed by atoms with E-state index in [1.165, 1.54) is 5.69 Å². The summed E-state index contributed by atoms with van der Waals surface area (Å²) in [6.07, 6.45) is 7.22. The molecule has 2 nitrogen and oxygen atoms in total. The lowest BCUT2D eigenvalue weighted by Gasteiger charge is -2.11. The number of benzene rings is 2. The molecule has 0 amide bonds.